The lowest BCUT2D eigenvalue weighted by molar-refractivity contribution is -0.129. The van der Waals surface area contributed by atoms with E-state index in [2.05, 4.69) is 4.98 Å². The Morgan fingerprint density at radius 3 is 2.71 bits per heavy atom. The molecule has 21 heavy (non-hydrogen) atoms. The first-order chi connectivity index (χ1) is 9.99. The molecule has 0 N–H and O–H groups in total. The summed E-state index contributed by atoms with van der Waals surface area (Å²) in [7, 11) is 0. The monoisotopic (exact) mass is 326 g/mol. The number of rotatable bonds is 5. The second-order valence-electron chi connectivity index (χ2n) is 4.85. The van der Waals surface area contributed by atoms with E-state index in [0.29, 0.717) is 18.7 Å². The van der Waals surface area contributed by atoms with Crippen LogP contribution in [-0.2, 0) is 17.9 Å². The highest BCUT2D eigenvalue weighted by Crippen LogP contribution is 2.16. The van der Waals surface area contributed by atoms with Crippen molar-refractivity contribution in [3.8, 4) is 0 Å². The van der Waals surface area contributed by atoms with Gasteiger partial charge in [-0.25, -0.2) is 9.37 Å². The lowest BCUT2D eigenvalue weighted by Crippen LogP contribution is -2.31. The molecule has 1 aromatic carbocycles. The summed E-state index contributed by atoms with van der Waals surface area (Å²) in [5, 5.41) is 2.81. The third-order valence-electron chi connectivity index (χ3n) is 3.06. The molecule has 0 atom stereocenters. The predicted octanol–water partition coefficient (Wildman–Crippen LogP) is 3.67. The molecule has 0 saturated heterocycles. The quantitative estimate of drug-likeness (QED) is 0.785. The molecule has 3 nitrogen and oxygen atoms in total. The van der Waals surface area contributed by atoms with Crippen LogP contribution in [0, 0.1) is 19.7 Å². The van der Waals surface area contributed by atoms with Gasteiger partial charge in [-0.05, 0) is 31.0 Å². The van der Waals surface area contributed by atoms with Crippen LogP contribution in [0.3, 0.4) is 0 Å². The van der Waals surface area contributed by atoms with Crippen LogP contribution >= 0.6 is 22.9 Å². The molecule has 0 unspecified atom stereocenters. The zero-order chi connectivity index (χ0) is 15.4. The van der Waals surface area contributed by atoms with E-state index in [1.165, 1.54) is 17.4 Å². The van der Waals surface area contributed by atoms with Crippen molar-refractivity contribution < 1.29 is 9.18 Å². The van der Waals surface area contributed by atoms with Crippen LogP contribution in [0.25, 0.3) is 0 Å². The number of hydrogen-bond donors (Lipinski definition) is 0. The third kappa shape index (κ3) is 4.25. The number of carbonyl (C=O) groups excluding carboxylic acids is 1. The van der Waals surface area contributed by atoms with Gasteiger partial charge in [0, 0.05) is 17.6 Å². The molecule has 112 valence electrons. The van der Waals surface area contributed by atoms with E-state index < -0.39 is 0 Å². The second kappa shape index (κ2) is 7.00. The molecule has 0 bridgehead atoms. The fourth-order valence-electron chi connectivity index (χ4n) is 1.98. The standard InChI is InChI=1S/C15H16ClFN2OS/c1-10-5-12(3-4-13(10)17)7-19(15(20)6-16)8-14-18-11(2)9-21-14/h3-5,9H,6-8H2,1-2H3. The number of thiazole rings is 1. The van der Waals surface area contributed by atoms with Crippen LogP contribution in [0.4, 0.5) is 4.39 Å². The molecule has 2 aromatic rings. The minimum atomic E-state index is -0.246. The van der Waals surface area contributed by atoms with Crippen molar-refractivity contribution in [2.24, 2.45) is 0 Å². The van der Waals surface area contributed by atoms with Gasteiger partial charge in [-0.15, -0.1) is 22.9 Å². The van der Waals surface area contributed by atoms with Crippen molar-refractivity contribution in [3.63, 3.8) is 0 Å². The Hall–Kier alpha value is -1.46. The molecule has 1 aromatic heterocycles. The Bertz CT molecular complexity index is 644. The van der Waals surface area contributed by atoms with Crippen molar-refractivity contribution >= 4 is 28.8 Å². The fourth-order valence-corrected chi connectivity index (χ4v) is 2.94. The van der Waals surface area contributed by atoms with Gasteiger partial charge in [0.1, 0.15) is 16.7 Å². The zero-order valence-electron chi connectivity index (χ0n) is 11.9. The van der Waals surface area contributed by atoms with Crippen LogP contribution in [0.15, 0.2) is 23.6 Å². The molecular formula is C15H16ClFN2OS. The summed E-state index contributed by atoms with van der Waals surface area (Å²) in [4.78, 5) is 18.0. The van der Waals surface area contributed by atoms with Crippen molar-refractivity contribution in [2.75, 3.05) is 5.88 Å². The topological polar surface area (TPSA) is 33.2 Å². The van der Waals surface area contributed by atoms with Gasteiger partial charge < -0.3 is 4.90 Å². The lowest BCUT2D eigenvalue weighted by atomic mass is 10.1. The van der Waals surface area contributed by atoms with E-state index in [1.54, 1.807) is 24.0 Å². The summed E-state index contributed by atoms with van der Waals surface area (Å²) in [5.41, 5.74) is 2.38. The molecule has 0 saturated carbocycles. The third-order valence-corrected chi connectivity index (χ3v) is 4.24. The normalized spacial score (nSPS) is 10.7. The van der Waals surface area contributed by atoms with E-state index in [9.17, 15) is 9.18 Å². The Kier molecular flexibility index (Phi) is 5.31. The molecule has 0 aliphatic heterocycles. The first-order valence-corrected chi connectivity index (χ1v) is 7.91. The summed E-state index contributed by atoms with van der Waals surface area (Å²) in [6, 6.07) is 4.85. The maximum Gasteiger partial charge on any atom is 0.238 e. The molecule has 0 aliphatic rings. The first kappa shape index (κ1) is 15.9. The van der Waals surface area contributed by atoms with Crippen molar-refractivity contribution in [1.29, 1.82) is 0 Å². The average Bonchev–Trinajstić information content (AvgIpc) is 2.86. The maximum absolute atomic E-state index is 13.3. The number of halogens is 2. The molecular weight excluding hydrogens is 311 g/mol. The zero-order valence-corrected chi connectivity index (χ0v) is 13.5. The van der Waals surface area contributed by atoms with E-state index in [0.717, 1.165) is 16.3 Å². The smallest absolute Gasteiger partial charge is 0.238 e. The molecule has 0 spiro atoms. The summed E-state index contributed by atoms with van der Waals surface area (Å²) < 4.78 is 13.3. The van der Waals surface area contributed by atoms with E-state index >= 15 is 0 Å². The molecule has 6 heteroatoms. The van der Waals surface area contributed by atoms with E-state index in [4.69, 9.17) is 11.6 Å². The Morgan fingerprint density at radius 1 is 1.38 bits per heavy atom. The number of aromatic nitrogens is 1. The van der Waals surface area contributed by atoms with Gasteiger partial charge in [-0.3, -0.25) is 4.79 Å². The first-order valence-electron chi connectivity index (χ1n) is 6.49. The number of aryl methyl sites for hydroxylation is 2. The SMILES string of the molecule is Cc1csc(CN(Cc2ccc(F)c(C)c2)C(=O)CCl)n1. The number of hydrogen-bond acceptors (Lipinski definition) is 3. The van der Waals surface area contributed by atoms with Gasteiger partial charge in [0.25, 0.3) is 0 Å². The largest absolute Gasteiger partial charge is 0.331 e. The van der Waals surface area contributed by atoms with Crippen LogP contribution in [0.1, 0.15) is 21.8 Å². The van der Waals surface area contributed by atoms with Gasteiger partial charge in [0.2, 0.25) is 5.91 Å². The summed E-state index contributed by atoms with van der Waals surface area (Å²) >= 11 is 7.19. The molecule has 0 fully saturated rings. The minimum Gasteiger partial charge on any atom is -0.331 e. The van der Waals surface area contributed by atoms with Gasteiger partial charge in [-0.2, -0.15) is 0 Å². The number of carbonyl (C=O) groups is 1. The van der Waals surface area contributed by atoms with Gasteiger partial charge >= 0.3 is 0 Å². The summed E-state index contributed by atoms with van der Waals surface area (Å²) in [5.74, 6) is -0.485. The number of benzene rings is 1. The van der Waals surface area contributed by atoms with E-state index in [-0.39, 0.29) is 17.6 Å². The number of amides is 1. The molecule has 2 rings (SSSR count). The Balaban J connectivity index is 2.16. The number of nitrogens with zero attached hydrogens (tertiary/aromatic N) is 2. The highest BCUT2D eigenvalue weighted by Gasteiger charge is 2.15. The van der Waals surface area contributed by atoms with Crippen LogP contribution in [0.5, 0.6) is 0 Å². The maximum atomic E-state index is 13.3. The van der Waals surface area contributed by atoms with Crippen molar-refractivity contribution in [3.05, 3.63) is 51.2 Å². The predicted molar refractivity (Wildman–Crippen MR) is 83.0 cm³/mol. The van der Waals surface area contributed by atoms with Crippen molar-refractivity contribution in [2.45, 2.75) is 26.9 Å². The highest BCUT2D eigenvalue weighted by molar-refractivity contribution is 7.09. The highest BCUT2D eigenvalue weighted by atomic mass is 35.5. The second-order valence-corrected chi connectivity index (χ2v) is 6.06. The van der Waals surface area contributed by atoms with Crippen LogP contribution in [-0.4, -0.2) is 21.7 Å². The summed E-state index contributed by atoms with van der Waals surface area (Å²) in [6.07, 6.45) is 0. The summed E-state index contributed by atoms with van der Waals surface area (Å²) in [6.45, 7) is 4.43. The van der Waals surface area contributed by atoms with Crippen molar-refractivity contribution in [1.82, 2.24) is 9.88 Å². The molecule has 0 aliphatic carbocycles. The molecule has 1 amide bonds. The lowest BCUT2D eigenvalue weighted by Gasteiger charge is -2.21. The van der Waals surface area contributed by atoms with Gasteiger partial charge in [0.05, 0.1) is 6.54 Å². The molecule has 1 heterocycles. The van der Waals surface area contributed by atoms with Gasteiger partial charge in [0.15, 0.2) is 0 Å². The Morgan fingerprint density at radius 2 is 2.14 bits per heavy atom. The van der Waals surface area contributed by atoms with E-state index in [1.807, 2.05) is 12.3 Å². The van der Waals surface area contributed by atoms with Gasteiger partial charge in [-0.1, -0.05) is 12.1 Å². The molecule has 0 radical (unpaired) electrons. The fraction of sp³-hybridized carbons (Fsp3) is 0.333. The Labute approximate surface area is 132 Å². The van der Waals surface area contributed by atoms with Crippen LogP contribution in [0.2, 0.25) is 0 Å². The minimum absolute atomic E-state index is 0.0788. The number of alkyl halides is 1. The van der Waals surface area contributed by atoms with Crippen LogP contribution < -0.4 is 0 Å². The average molecular weight is 327 g/mol.